The molecule has 0 radical (unpaired) electrons. The summed E-state index contributed by atoms with van der Waals surface area (Å²) in [6.45, 7) is 0. The summed E-state index contributed by atoms with van der Waals surface area (Å²) in [6, 6.07) is 5.36. The SMILES string of the molecule is COc1ccc2nc(C3CC3C(=O)O)oc2c1. The normalized spacial score (nSPS) is 22.6. The molecule has 0 aliphatic heterocycles. The highest BCUT2D eigenvalue weighted by Crippen LogP contribution is 2.47. The van der Waals surface area contributed by atoms with Crippen LogP contribution in [0.3, 0.4) is 0 Å². The van der Waals surface area contributed by atoms with Crippen molar-refractivity contribution in [1.29, 1.82) is 0 Å². The van der Waals surface area contributed by atoms with Crippen LogP contribution in [0.15, 0.2) is 22.6 Å². The number of carboxylic acids is 1. The number of carboxylic acid groups (broad SMARTS) is 1. The molecule has 2 atom stereocenters. The van der Waals surface area contributed by atoms with Crippen molar-refractivity contribution in [2.75, 3.05) is 7.11 Å². The van der Waals surface area contributed by atoms with Gasteiger partial charge < -0.3 is 14.3 Å². The van der Waals surface area contributed by atoms with Crippen LogP contribution in [0, 0.1) is 5.92 Å². The van der Waals surface area contributed by atoms with Crippen molar-refractivity contribution in [3.8, 4) is 5.75 Å². The molecule has 1 N–H and O–H groups in total. The monoisotopic (exact) mass is 233 g/mol. The van der Waals surface area contributed by atoms with E-state index in [9.17, 15) is 4.79 Å². The number of benzene rings is 1. The second kappa shape index (κ2) is 3.48. The van der Waals surface area contributed by atoms with E-state index in [1.165, 1.54) is 0 Å². The van der Waals surface area contributed by atoms with Crippen molar-refractivity contribution in [3.05, 3.63) is 24.1 Å². The van der Waals surface area contributed by atoms with E-state index in [4.69, 9.17) is 14.3 Å². The topological polar surface area (TPSA) is 72.6 Å². The molecule has 2 aromatic rings. The molecule has 0 amide bonds. The fourth-order valence-electron chi connectivity index (χ4n) is 1.95. The van der Waals surface area contributed by atoms with E-state index < -0.39 is 5.97 Å². The van der Waals surface area contributed by atoms with Crippen LogP contribution in [-0.4, -0.2) is 23.2 Å². The molecule has 88 valence electrons. The Hall–Kier alpha value is -2.04. The molecule has 1 aromatic carbocycles. The van der Waals surface area contributed by atoms with Crippen LogP contribution in [0.1, 0.15) is 18.2 Å². The number of hydrogen-bond acceptors (Lipinski definition) is 4. The maximum absolute atomic E-state index is 10.8. The number of hydrogen-bond donors (Lipinski definition) is 1. The number of fused-ring (bicyclic) bond motifs is 1. The first-order valence-corrected chi connectivity index (χ1v) is 5.36. The Morgan fingerprint density at radius 2 is 2.41 bits per heavy atom. The maximum atomic E-state index is 10.8. The zero-order valence-corrected chi connectivity index (χ0v) is 9.21. The molecule has 1 aliphatic carbocycles. The van der Waals surface area contributed by atoms with E-state index >= 15 is 0 Å². The van der Waals surface area contributed by atoms with Gasteiger partial charge in [0.1, 0.15) is 11.3 Å². The summed E-state index contributed by atoms with van der Waals surface area (Å²) in [7, 11) is 1.58. The minimum Gasteiger partial charge on any atom is -0.497 e. The van der Waals surface area contributed by atoms with Gasteiger partial charge in [-0.25, -0.2) is 4.98 Å². The lowest BCUT2D eigenvalue weighted by atomic mass is 10.3. The standard InChI is InChI=1S/C12H11NO4/c1-16-6-2-3-9-10(4-6)17-11(13-9)7-5-8(7)12(14)15/h2-4,7-8H,5H2,1H3,(H,14,15). The molecule has 5 nitrogen and oxygen atoms in total. The van der Waals surface area contributed by atoms with Gasteiger partial charge in [0.05, 0.1) is 13.0 Å². The number of aliphatic carboxylic acids is 1. The first kappa shape index (κ1) is 10.1. The first-order chi connectivity index (χ1) is 8.19. The lowest BCUT2D eigenvalue weighted by molar-refractivity contribution is -0.138. The molecule has 1 aliphatic rings. The Morgan fingerprint density at radius 3 is 3.06 bits per heavy atom. The highest BCUT2D eigenvalue weighted by atomic mass is 16.5. The van der Waals surface area contributed by atoms with Gasteiger partial charge in [-0.1, -0.05) is 0 Å². The quantitative estimate of drug-likeness (QED) is 0.878. The number of aromatic nitrogens is 1. The average molecular weight is 233 g/mol. The number of nitrogens with zero attached hydrogens (tertiary/aromatic N) is 1. The van der Waals surface area contributed by atoms with Crippen LogP contribution in [0.5, 0.6) is 5.75 Å². The van der Waals surface area contributed by atoms with Gasteiger partial charge in [-0.2, -0.15) is 0 Å². The fraction of sp³-hybridized carbons (Fsp3) is 0.333. The van der Waals surface area contributed by atoms with Gasteiger partial charge in [0, 0.05) is 12.0 Å². The van der Waals surface area contributed by atoms with E-state index in [2.05, 4.69) is 4.98 Å². The molecule has 5 heteroatoms. The van der Waals surface area contributed by atoms with Crippen molar-refractivity contribution in [3.63, 3.8) is 0 Å². The summed E-state index contributed by atoms with van der Waals surface area (Å²) in [4.78, 5) is 15.1. The van der Waals surface area contributed by atoms with Crippen molar-refractivity contribution < 1.29 is 19.1 Å². The van der Waals surface area contributed by atoms with Crippen molar-refractivity contribution in [2.24, 2.45) is 5.92 Å². The van der Waals surface area contributed by atoms with Crippen molar-refractivity contribution in [1.82, 2.24) is 4.98 Å². The summed E-state index contributed by atoms with van der Waals surface area (Å²) < 4.78 is 10.6. The molecule has 17 heavy (non-hydrogen) atoms. The molecule has 0 saturated heterocycles. The Kier molecular flexibility index (Phi) is 2.07. The number of rotatable bonds is 3. The van der Waals surface area contributed by atoms with Crippen LogP contribution in [-0.2, 0) is 4.79 Å². The number of methoxy groups -OCH3 is 1. The molecule has 3 rings (SSSR count). The summed E-state index contributed by atoms with van der Waals surface area (Å²) >= 11 is 0. The van der Waals surface area contributed by atoms with Gasteiger partial charge in [-0.15, -0.1) is 0 Å². The van der Waals surface area contributed by atoms with Crippen LogP contribution >= 0.6 is 0 Å². The van der Waals surface area contributed by atoms with Gasteiger partial charge in [-0.05, 0) is 18.6 Å². The van der Waals surface area contributed by atoms with Gasteiger partial charge >= 0.3 is 5.97 Å². The maximum Gasteiger partial charge on any atom is 0.307 e. The third-order valence-electron chi connectivity index (χ3n) is 3.04. The van der Waals surface area contributed by atoms with Crippen LogP contribution < -0.4 is 4.74 Å². The molecule has 1 fully saturated rings. The highest BCUT2D eigenvalue weighted by molar-refractivity contribution is 5.77. The summed E-state index contributed by atoms with van der Waals surface area (Å²) in [5.41, 5.74) is 1.37. The van der Waals surface area contributed by atoms with E-state index in [0.717, 1.165) is 5.52 Å². The third-order valence-corrected chi connectivity index (χ3v) is 3.04. The molecule has 2 unspecified atom stereocenters. The second-order valence-corrected chi connectivity index (χ2v) is 4.17. The first-order valence-electron chi connectivity index (χ1n) is 5.36. The molecule has 0 bridgehead atoms. The Morgan fingerprint density at radius 1 is 1.59 bits per heavy atom. The van der Waals surface area contributed by atoms with Crippen molar-refractivity contribution in [2.45, 2.75) is 12.3 Å². The van der Waals surface area contributed by atoms with Crippen molar-refractivity contribution >= 4 is 17.1 Å². The summed E-state index contributed by atoms with van der Waals surface area (Å²) in [5.74, 6) is 0.0112. The van der Waals surface area contributed by atoms with E-state index in [0.29, 0.717) is 23.6 Å². The lowest BCUT2D eigenvalue weighted by Gasteiger charge is -1.95. The van der Waals surface area contributed by atoms with Gasteiger partial charge in [0.15, 0.2) is 11.5 Å². The fourth-order valence-corrected chi connectivity index (χ4v) is 1.95. The molecule has 1 heterocycles. The lowest BCUT2D eigenvalue weighted by Crippen LogP contribution is -1.98. The highest BCUT2D eigenvalue weighted by Gasteiger charge is 2.47. The van der Waals surface area contributed by atoms with Gasteiger partial charge in [0.2, 0.25) is 0 Å². The van der Waals surface area contributed by atoms with Crippen LogP contribution in [0.25, 0.3) is 11.1 Å². The zero-order chi connectivity index (χ0) is 12.0. The van der Waals surface area contributed by atoms with E-state index in [-0.39, 0.29) is 11.8 Å². The summed E-state index contributed by atoms with van der Waals surface area (Å²) in [5, 5.41) is 8.85. The molecule has 1 aromatic heterocycles. The number of ether oxygens (including phenoxy) is 1. The average Bonchev–Trinajstić information content (AvgIpc) is 3.02. The van der Waals surface area contributed by atoms with E-state index in [1.54, 1.807) is 25.3 Å². The second-order valence-electron chi connectivity index (χ2n) is 4.17. The van der Waals surface area contributed by atoms with Crippen LogP contribution in [0.2, 0.25) is 0 Å². The van der Waals surface area contributed by atoms with Gasteiger partial charge in [0.25, 0.3) is 0 Å². The predicted molar refractivity (Wildman–Crippen MR) is 59.0 cm³/mol. The smallest absolute Gasteiger partial charge is 0.307 e. The third kappa shape index (κ3) is 1.63. The number of carbonyl (C=O) groups is 1. The van der Waals surface area contributed by atoms with E-state index in [1.807, 2.05) is 0 Å². The summed E-state index contributed by atoms with van der Waals surface area (Å²) in [6.07, 6.45) is 0.610. The largest absolute Gasteiger partial charge is 0.497 e. The Labute approximate surface area is 97.0 Å². The number of oxazole rings is 1. The Balaban J connectivity index is 1.95. The predicted octanol–water partition coefficient (Wildman–Crippen LogP) is 2.02. The molecular weight excluding hydrogens is 222 g/mol. The molecule has 0 spiro atoms. The molecular formula is C12H11NO4. The zero-order valence-electron chi connectivity index (χ0n) is 9.21. The van der Waals surface area contributed by atoms with Crippen LogP contribution in [0.4, 0.5) is 0 Å². The molecule has 1 saturated carbocycles. The Bertz CT molecular complexity index is 589. The minimum absolute atomic E-state index is 0.0779. The van der Waals surface area contributed by atoms with Gasteiger partial charge in [-0.3, -0.25) is 4.79 Å². The minimum atomic E-state index is -0.783.